The van der Waals surface area contributed by atoms with Crippen LogP contribution in [-0.2, 0) is 51.8 Å². The van der Waals surface area contributed by atoms with Crippen LogP contribution >= 0.6 is 0 Å². The summed E-state index contributed by atoms with van der Waals surface area (Å²) in [5.41, 5.74) is 0. The zero-order chi connectivity index (χ0) is 34.2. The van der Waals surface area contributed by atoms with Crippen LogP contribution in [0.5, 0.6) is 0 Å². The molecule has 2 aliphatic rings. The molecule has 9 atom stereocenters. The van der Waals surface area contributed by atoms with E-state index in [1.807, 2.05) is 12.1 Å². The average Bonchev–Trinajstić information content (AvgIpc) is 3.36. The molecule has 0 aromatic heterocycles. The zero-order valence-electron chi connectivity index (χ0n) is 29.5. The van der Waals surface area contributed by atoms with Crippen LogP contribution in [0.15, 0.2) is 60.7 Å². The Hall–Kier alpha value is -1.78. The summed E-state index contributed by atoms with van der Waals surface area (Å²) in [5, 5.41) is 2.09. The molecular weight excluding hydrogens is 624 g/mol. The van der Waals surface area contributed by atoms with Gasteiger partial charge in [0.25, 0.3) is 8.32 Å². The van der Waals surface area contributed by atoms with Crippen LogP contribution in [0.2, 0.25) is 5.04 Å². The molecule has 0 aliphatic carbocycles. The van der Waals surface area contributed by atoms with Crippen LogP contribution < -0.4 is 10.4 Å². The van der Waals surface area contributed by atoms with Gasteiger partial charge in [0.1, 0.15) is 49.3 Å². The maximum Gasteiger partial charge on any atom is 0.261 e. The Morgan fingerprint density at radius 3 is 1.64 bits per heavy atom. The van der Waals surface area contributed by atoms with Crippen molar-refractivity contribution in [1.82, 2.24) is 0 Å². The Kier molecular flexibility index (Phi) is 13.6. The molecule has 4 rings (SSSR count). The minimum Gasteiger partial charge on any atom is -0.405 e. The van der Waals surface area contributed by atoms with Crippen molar-refractivity contribution >= 4 is 18.7 Å². The summed E-state index contributed by atoms with van der Waals surface area (Å²) in [5.74, 6) is -1.46. The van der Waals surface area contributed by atoms with Gasteiger partial charge < -0.3 is 51.8 Å². The third-order valence-electron chi connectivity index (χ3n) is 9.26. The zero-order valence-corrected chi connectivity index (χ0v) is 30.5. The van der Waals surface area contributed by atoms with Crippen LogP contribution in [0.25, 0.3) is 0 Å². The summed E-state index contributed by atoms with van der Waals surface area (Å²) in [6.07, 6.45) is -5.03. The van der Waals surface area contributed by atoms with Crippen molar-refractivity contribution in [2.45, 2.75) is 80.6 Å². The molecule has 0 radical (unpaired) electrons. The molecule has 0 spiro atoms. The van der Waals surface area contributed by atoms with Crippen molar-refractivity contribution in [3.8, 4) is 0 Å². The highest BCUT2D eigenvalue weighted by atomic mass is 28.4. The minimum absolute atomic E-state index is 0.0116. The number of methoxy groups -OCH3 is 7. The van der Waals surface area contributed by atoms with E-state index < -0.39 is 63.1 Å². The average molecular weight is 679 g/mol. The fourth-order valence-electron chi connectivity index (χ4n) is 7.24. The Labute approximate surface area is 281 Å². The summed E-state index contributed by atoms with van der Waals surface area (Å²) >= 11 is 0. The highest BCUT2D eigenvalue weighted by Crippen LogP contribution is 2.42. The molecule has 2 saturated heterocycles. The lowest BCUT2D eigenvalue weighted by Gasteiger charge is -2.47. The maximum atomic E-state index is 7.26. The van der Waals surface area contributed by atoms with Crippen LogP contribution in [-0.4, -0.2) is 133 Å². The van der Waals surface area contributed by atoms with E-state index in [4.69, 9.17) is 51.8 Å². The summed E-state index contributed by atoms with van der Waals surface area (Å²) in [6.45, 7) is 7.17. The van der Waals surface area contributed by atoms with Gasteiger partial charge in [0.05, 0.1) is 13.2 Å². The summed E-state index contributed by atoms with van der Waals surface area (Å²) in [6, 6.07) is 20.9. The fraction of sp³-hybridized carbons (Fsp3) is 0.657. The monoisotopic (exact) mass is 678 g/mol. The first kappa shape index (κ1) is 38.0. The summed E-state index contributed by atoms with van der Waals surface area (Å²) < 4.78 is 68.2. The Bertz CT molecular complexity index is 1160. The van der Waals surface area contributed by atoms with Crippen LogP contribution in [0.3, 0.4) is 0 Å². The third kappa shape index (κ3) is 7.54. The standard InChI is InChI=1S/C35H54O11Si/c1-34(2,3)47(24-17-13-11-14-18-24,25-19-15-12-16-20-25)43-22-27-29(39-7)32(42-10)35(45-27,23-37-5)46-33-31(41-9)30(40-8)28(38-6)26(44-33)21-36-4/h11-20,26-33H,21-23H2,1-10H3/t26-,27-,28-,29-,30+,31-,32+,33-,35+/m1/s1. The van der Waals surface area contributed by atoms with E-state index >= 15 is 0 Å². The topological polar surface area (TPSA) is 102 Å². The van der Waals surface area contributed by atoms with Crippen LogP contribution in [0, 0.1) is 0 Å². The molecule has 264 valence electrons. The maximum absolute atomic E-state index is 7.26. The van der Waals surface area contributed by atoms with E-state index in [1.165, 1.54) is 0 Å². The quantitative estimate of drug-likeness (QED) is 0.245. The number of benzene rings is 2. The number of hydrogen-bond donors (Lipinski definition) is 0. The van der Waals surface area contributed by atoms with Crippen molar-refractivity contribution in [1.29, 1.82) is 0 Å². The van der Waals surface area contributed by atoms with Crippen molar-refractivity contribution in [3.05, 3.63) is 60.7 Å². The lowest BCUT2D eigenvalue weighted by atomic mass is 9.98. The summed E-state index contributed by atoms with van der Waals surface area (Å²) in [7, 11) is 8.29. The molecule has 0 bridgehead atoms. The van der Waals surface area contributed by atoms with Gasteiger partial charge in [0.15, 0.2) is 6.29 Å². The smallest absolute Gasteiger partial charge is 0.261 e. The first-order valence-corrected chi connectivity index (χ1v) is 17.9. The lowest BCUT2D eigenvalue weighted by molar-refractivity contribution is -0.389. The molecule has 2 fully saturated rings. The van der Waals surface area contributed by atoms with Gasteiger partial charge in [0.2, 0.25) is 5.79 Å². The SMILES string of the molecule is COC[C@H]1O[C@H](O[C@]2(COC)O[C@H](CO[Si](c3ccccc3)(c3ccccc3)C(C)(C)C)[C@@H](OC)[C@@H]2OC)[C@H](OC)[C@@H](OC)[C@@H]1OC. The molecular formula is C35H54O11Si. The lowest BCUT2D eigenvalue weighted by Crippen LogP contribution is -2.67. The van der Waals surface area contributed by atoms with Gasteiger partial charge >= 0.3 is 0 Å². The van der Waals surface area contributed by atoms with Gasteiger partial charge in [-0.05, 0) is 15.4 Å². The van der Waals surface area contributed by atoms with Gasteiger partial charge in [-0.3, -0.25) is 0 Å². The number of ether oxygens (including phenoxy) is 10. The Balaban J connectivity index is 1.72. The van der Waals surface area contributed by atoms with Crippen molar-refractivity contribution in [2.24, 2.45) is 0 Å². The first-order valence-electron chi connectivity index (χ1n) is 16.0. The normalized spacial score (nSPS) is 31.7. The molecule has 2 heterocycles. The molecule has 0 unspecified atom stereocenters. The van der Waals surface area contributed by atoms with Crippen LogP contribution in [0.4, 0.5) is 0 Å². The van der Waals surface area contributed by atoms with E-state index in [1.54, 1.807) is 49.8 Å². The molecule has 12 heteroatoms. The van der Waals surface area contributed by atoms with Gasteiger partial charge in [-0.15, -0.1) is 0 Å². The van der Waals surface area contributed by atoms with Crippen LogP contribution in [0.1, 0.15) is 20.8 Å². The van der Waals surface area contributed by atoms with E-state index in [0.717, 1.165) is 10.4 Å². The molecule has 0 saturated carbocycles. The van der Waals surface area contributed by atoms with E-state index in [0.29, 0.717) is 0 Å². The Morgan fingerprint density at radius 2 is 1.19 bits per heavy atom. The molecule has 0 amide bonds. The highest BCUT2D eigenvalue weighted by molar-refractivity contribution is 6.99. The van der Waals surface area contributed by atoms with E-state index in [2.05, 4.69) is 69.3 Å². The molecule has 2 aromatic carbocycles. The molecule has 0 N–H and O–H groups in total. The van der Waals surface area contributed by atoms with Crippen molar-refractivity contribution < 1.29 is 51.8 Å². The molecule has 11 nitrogen and oxygen atoms in total. The number of rotatable bonds is 16. The fourth-order valence-corrected chi connectivity index (χ4v) is 11.8. The first-order chi connectivity index (χ1) is 22.6. The summed E-state index contributed by atoms with van der Waals surface area (Å²) in [4.78, 5) is 0. The van der Waals surface area contributed by atoms with Gasteiger partial charge in [-0.1, -0.05) is 81.4 Å². The van der Waals surface area contributed by atoms with E-state index in [-0.39, 0.29) is 24.9 Å². The van der Waals surface area contributed by atoms with E-state index in [9.17, 15) is 0 Å². The van der Waals surface area contributed by atoms with Crippen molar-refractivity contribution in [3.63, 3.8) is 0 Å². The molecule has 47 heavy (non-hydrogen) atoms. The van der Waals surface area contributed by atoms with Gasteiger partial charge in [-0.2, -0.15) is 0 Å². The molecule has 2 aromatic rings. The number of hydrogen-bond acceptors (Lipinski definition) is 11. The second kappa shape index (κ2) is 16.7. The van der Waals surface area contributed by atoms with Gasteiger partial charge in [-0.25, -0.2) is 0 Å². The largest absolute Gasteiger partial charge is 0.405 e. The predicted molar refractivity (Wildman–Crippen MR) is 179 cm³/mol. The highest BCUT2D eigenvalue weighted by Gasteiger charge is 2.62. The third-order valence-corrected chi connectivity index (χ3v) is 14.3. The second-order valence-corrected chi connectivity index (χ2v) is 17.3. The molecule has 2 aliphatic heterocycles. The minimum atomic E-state index is -2.90. The van der Waals surface area contributed by atoms with Gasteiger partial charge in [0, 0.05) is 49.8 Å². The van der Waals surface area contributed by atoms with Crippen molar-refractivity contribution in [2.75, 3.05) is 69.6 Å². The second-order valence-electron chi connectivity index (χ2n) is 12.9. The Morgan fingerprint density at radius 1 is 0.638 bits per heavy atom. The predicted octanol–water partition coefficient (Wildman–Crippen LogP) is 2.77.